The van der Waals surface area contributed by atoms with Crippen LogP contribution in [0.5, 0.6) is 0 Å². The van der Waals surface area contributed by atoms with Crippen LogP contribution < -0.4 is 26.8 Å². The molecule has 2 N–H and O–H groups in total. The Labute approximate surface area is 237 Å². The molecule has 5 aromatic carbocycles. The van der Waals surface area contributed by atoms with Crippen molar-refractivity contribution in [2.24, 2.45) is 0 Å². The summed E-state index contributed by atoms with van der Waals surface area (Å²) in [6, 6.07) is 51.4. The molecule has 0 amide bonds. The Morgan fingerprint density at radius 3 is 1.45 bits per heavy atom. The molecule has 0 aromatic heterocycles. The molecule has 5 heteroatoms. The molecule has 0 heterocycles. The molecule has 5 aromatic rings. The molecule has 0 saturated heterocycles. The van der Waals surface area contributed by atoms with Crippen LogP contribution in [0.4, 0.5) is 5.69 Å². The first kappa shape index (κ1) is 27.3. The Morgan fingerprint density at radius 2 is 1.02 bits per heavy atom. The number of para-hydroxylation sites is 1. The van der Waals surface area contributed by atoms with Gasteiger partial charge in [0.05, 0.1) is 6.61 Å². The van der Waals surface area contributed by atoms with Gasteiger partial charge in [-0.05, 0) is 61.0 Å². The molecule has 0 radical (unpaired) electrons. The average Bonchev–Trinajstić information content (AvgIpc) is 3.03. The zero-order valence-electron chi connectivity index (χ0n) is 22.6. The standard InChI is InChI=1S/C35H34N2O2P/c1-2-39-35(38)33(37-36-29-20-10-4-11-21-29)34(28-18-8-3-9-19-28)40(30-22-12-5-13-23-30,31-24-14-6-15-25-31)32-26-16-7-17-27-32/h3-27,33-34,36-37H,2H2,1H3/q+1. The summed E-state index contributed by atoms with van der Waals surface area (Å²) in [7, 11) is -2.54. The Balaban J connectivity index is 1.82. The summed E-state index contributed by atoms with van der Waals surface area (Å²) in [6.07, 6.45) is 0. The molecule has 0 spiro atoms. The van der Waals surface area contributed by atoms with E-state index in [9.17, 15) is 4.79 Å². The monoisotopic (exact) mass is 545 g/mol. The smallest absolute Gasteiger partial charge is 0.329 e. The summed E-state index contributed by atoms with van der Waals surface area (Å²) in [5, 5.41) is 3.58. The summed E-state index contributed by atoms with van der Waals surface area (Å²) in [4.78, 5) is 14.0. The number of esters is 1. The average molecular weight is 546 g/mol. The second-order valence-electron chi connectivity index (χ2n) is 9.45. The predicted octanol–water partition coefficient (Wildman–Crippen LogP) is 6.27. The highest BCUT2D eigenvalue weighted by Gasteiger charge is 2.58. The van der Waals surface area contributed by atoms with Gasteiger partial charge in [-0.3, -0.25) is 4.79 Å². The highest BCUT2D eigenvalue weighted by Crippen LogP contribution is 2.67. The maximum absolute atomic E-state index is 14.0. The molecule has 5 rings (SSSR count). The highest BCUT2D eigenvalue weighted by molar-refractivity contribution is 7.96. The second kappa shape index (κ2) is 13.2. The third-order valence-corrected chi connectivity index (χ3v) is 11.8. The molecule has 0 aliphatic heterocycles. The van der Waals surface area contributed by atoms with Gasteiger partial charge in [0.2, 0.25) is 0 Å². The molecule has 2 atom stereocenters. The molecule has 200 valence electrons. The second-order valence-corrected chi connectivity index (χ2v) is 13.0. The van der Waals surface area contributed by atoms with Crippen molar-refractivity contribution < 1.29 is 9.53 Å². The van der Waals surface area contributed by atoms with Crippen molar-refractivity contribution in [3.63, 3.8) is 0 Å². The maximum Gasteiger partial charge on any atom is 0.329 e. The van der Waals surface area contributed by atoms with Crippen LogP contribution in [-0.2, 0) is 9.53 Å². The zero-order valence-corrected chi connectivity index (χ0v) is 23.5. The van der Waals surface area contributed by atoms with E-state index in [0.717, 1.165) is 11.3 Å². The third kappa shape index (κ3) is 5.70. The topological polar surface area (TPSA) is 50.4 Å². The van der Waals surface area contributed by atoms with Crippen molar-refractivity contribution in [3.05, 3.63) is 157 Å². The van der Waals surface area contributed by atoms with E-state index in [1.807, 2.05) is 73.7 Å². The molecule has 0 bridgehead atoms. The minimum Gasteiger partial charge on any atom is -0.465 e. The van der Waals surface area contributed by atoms with Gasteiger partial charge in [-0.1, -0.05) is 103 Å². The normalized spacial score (nSPS) is 12.7. The fourth-order valence-corrected chi connectivity index (χ4v) is 10.4. The van der Waals surface area contributed by atoms with Crippen molar-refractivity contribution in [2.75, 3.05) is 12.0 Å². The number of hydrazine groups is 1. The first-order valence-electron chi connectivity index (χ1n) is 13.6. The molecule has 2 unspecified atom stereocenters. The maximum atomic E-state index is 14.0. The van der Waals surface area contributed by atoms with Crippen LogP contribution >= 0.6 is 7.26 Å². The molecular formula is C35H34N2O2P+. The summed E-state index contributed by atoms with van der Waals surface area (Å²) >= 11 is 0. The van der Waals surface area contributed by atoms with Crippen molar-refractivity contribution in [3.8, 4) is 0 Å². The lowest BCUT2D eigenvalue weighted by molar-refractivity contribution is -0.145. The SMILES string of the molecule is CCOC(=O)C(NNc1ccccc1)C(c1ccccc1)[P+](c1ccccc1)(c1ccccc1)c1ccccc1. The molecule has 0 aliphatic carbocycles. The van der Waals surface area contributed by atoms with Gasteiger partial charge in [0.25, 0.3) is 0 Å². The zero-order chi connectivity index (χ0) is 27.6. The third-order valence-electron chi connectivity index (χ3n) is 7.05. The molecule has 4 nitrogen and oxygen atoms in total. The lowest BCUT2D eigenvalue weighted by Crippen LogP contribution is -2.50. The van der Waals surface area contributed by atoms with E-state index < -0.39 is 13.3 Å². The first-order valence-corrected chi connectivity index (χ1v) is 15.4. The van der Waals surface area contributed by atoms with Crippen LogP contribution in [0.1, 0.15) is 18.1 Å². The summed E-state index contributed by atoms with van der Waals surface area (Å²) < 4.78 is 5.77. The number of hydrogen-bond donors (Lipinski definition) is 2. The molecule has 0 fully saturated rings. The minimum atomic E-state index is -2.54. The molecule has 0 saturated carbocycles. The largest absolute Gasteiger partial charge is 0.465 e. The Morgan fingerprint density at radius 1 is 0.625 bits per heavy atom. The molecular weight excluding hydrogens is 511 g/mol. The number of carbonyl (C=O) groups is 1. The lowest BCUT2D eigenvalue weighted by atomic mass is 10.1. The van der Waals surface area contributed by atoms with E-state index in [4.69, 9.17) is 4.74 Å². The van der Waals surface area contributed by atoms with Gasteiger partial charge in [-0.2, -0.15) is 0 Å². The van der Waals surface area contributed by atoms with E-state index in [1.165, 1.54) is 15.9 Å². The fourth-order valence-electron chi connectivity index (χ4n) is 5.39. The van der Waals surface area contributed by atoms with Crippen molar-refractivity contribution >= 4 is 34.8 Å². The van der Waals surface area contributed by atoms with E-state index in [0.29, 0.717) is 0 Å². The molecule has 0 aliphatic rings. The van der Waals surface area contributed by atoms with Crippen LogP contribution in [0.25, 0.3) is 0 Å². The van der Waals surface area contributed by atoms with Crippen LogP contribution in [-0.4, -0.2) is 18.6 Å². The number of hydrogen-bond acceptors (Lipinski definition) is 4. The van der Waals surface area contributed by atoms with Crippen LogP contribution in [0.3, 0.4) is 0 Å². The number of ether oxygens (including phenoxy) is 1. The van der Waals surface area contributed by atoms with E-state index in [-0.39, 0.29) is 18.2 Å². The Hall–Kier alpha value is -4.24. The lowest BCUT2D eigenvalue weighted by Gasteiger charge is -2.38. The minimum absolute atomic E-state index is 0.289. The highest BCUT2D eigenvalue weighted by atomic mass is 31.2. The predicted molar refractivity (Wildman–Crippen MR) is 168 cm³/mol. The number of carbonyl (C=O) groups excluding carboxylic acids is 1. The van der Waals surface area contributed by atoms with E-state index >= 15 is 0 Å². The van der Waals surface area contributed by atoms with Crippen molar-refractivity contribution in [1.82, 2.24) is 5.43 Å². The van der Waals surface area contributed by atoms with Gasteiger partial charge in [0.15, 0.2) is 6.04 Å². The van der Waals surface area contributed by atoms with E-state index in [2.05, 4.69) is 95.8 Å². The summed E-state index contributed by atoms with van der Waals surface area (Å²) in [5.74, 6) is -0.299. The summed E-state index contributed by atoms with van der Waals surface area (Å²) in [6.45, 7) is 2.14. The number of anilines is 1. The Bertz CT molecular complexity index is 1370. The molecule has 40 heavy (non-hydrogen) atoms. The van der Waals surface area contributed by atoms with E-state index in [1.54, 1.807) is 0 Å². The van der Waals surface area contributed by atoms with Crippen molar-refractivity contribution in [2.45, 2.75) is 18.6 Å². The summed E-state index contributed by atoms with van der Waals surface area (Å²) in [5.41, 5.74) is 8.40. The fraction of sp³-hybridized carbons (Fsp3) is 0.114. The van der Waals surface area contributed by atoms with Gasteiger partial charge < -0.3 is 10.2 Å². The first-order chi connectivity index (χ1) is 19.7. The number of benzene rings is 5. The quantitative estimate of drug-likeness (QED) is 0.117. The number of nitrogens with one attached hydrogen (secondary N) is 2. The van der Waals surface area contributed by atoms with Gasteiger partial charge in [-0.25, -0.2) is 5.43 Å². The number of rotatable bonds is 11. The Kier molecular flexibility index (Phi) is 9.03. The van der Waals surface area contributed by atoms with Gasteiger partial charge in [-0.15, -0.1) is 0 Å². The van der Waals surface area contributed by atoms with Crippen molar-refractivity contribution in [1.29, 1.82) is 0 Å². The van der Waals surface area contributed by atoms with Crippen LogP contribution in [0.2, 0.25) is 0 Å². The van der Waals surface area contributed by atoms with Gasteiger partial charge in [0.1, 0.15) is 28.8 Å². The van der Waals surface area contributed by atoms with Crippen LogP contribution in [0, 0.1) is 0 Å². The van der Waals surface area contributed by atoms with Gasteiger partial charge >= 0.3 is 5.97 Å². The van der Waals surface area contributed by atoms with Gasteiger partial charge in [0, 0.05) is 5.69 Å². The van der Waals surface area contributed by atoms with Crippen LogP contribution in [0.15, 0.2) is 152 Å².